The largest absolute Gasteiger partial charge is 1.00 e. The maximum atomic E-state index is 13.0. The molecule has 0 radical (unpaired) electrons. The van der Waals surface area contributed by atoms with Gasteiger partial charge >= 0.3 is 39.9 Å². The Morgan fingerprint density at radius 2 is 1.64 bits per heavy atom. The molecule has 170 valence electrons. The molecule has 0 saturated heterocycles. The van der Waals surface area contributed by atoms with E-state index in [9.17, 15) is 26.2 Å². The third-order valence-corrected chi connectivity index (χ3v) is 4.57. The van der Waals surface area contributed by atoms with Crippen LogP contribution in [0.2, 0.25) is 0 Å². The van der Waals surface area contributed by atoms with Gasteiger partial charge in [0.05, 0.1) is 16.6 Å². The average molecular weight is 506 g/mol. The molecular formula is C17H15N4NaO9S2. The second-order valence-corrected chi connectivity index (χ2v) is 8.56. The van der Waals surface area contributed by atoms with Gasteiger partial charge in [-0.2, -0.15) is 13.6 Å². The van der Waals surface area contributed by atoms with Crippen LogP contribution >= 0.6 is 0 Å². The Morgan fingerprint density at radius 1 is 1.00 bits per heavy atom. The van der Waals surface area contributed by atoms with E-state index in [-0.39, 0.29) is 68.8 Å². The molecule has 0 fully saturated rings. The van der Waals surface area contributed by atoms with Crippen molar-refractivity contribution in [3.8, 4) is 22.6 Å². The van der Waals surface area contributed by atoms with Gasteiger partial charge in [0.2, 0.25) is 5.43 Å². The number of benzene rings is 2. The molecule has 0 unspecified atom stereocenters. The quantitative estimate of drug-likeness (QED) is 0.129. The number of nitrogens with two attached hydrogens (primary N) is 1. The first-order valence-corrected chi connectivity index (χ1v) is 11.3. The van der Waals surface area contributed by atoms with Crippen LogP contribution in [0.25, 0.3) is 22.1 Å². The Kier molecular flexibility index (Phi) is 8.23. The van der Waals surface area contributed by atoms with Gasteiger partial charge in [-0.15, -0.1) is 5.11 Å². The van der Waals surface area contributed by atoms with Crippen LogP contribution in [0.4, 0.5) is 5.69 Å². The number of fused-ring (bicyclic) bond motifs is 1. The Bertz CT molecular complexity index is 1490. The average Bonchev–Trinajstić information content (AvgIpc) is 2.64. The molecule has 0 aliphatic carbocycles. The van der Waals surface area contributed by atoms with Crippen LogP contribution in [0.5, 0.6) is 11.5 Å². The third-order valence-electron chi connectivity index (χ3n) is 3.75. The molecule has 3 rings (SSSR count). The van der Waals surface area contributed by atoms with E-state index < -0.39 is 26.1 Å². The SMILES string of the molecule is CN(C)N=Nc1cc(OS(N)(=O)=O)ccc1-c1coc2cc(OS(=O)(=O)[O-])ccc2c1=O.[Na+]. The van der Waals surface area contributed by atoms with Crippen molar-refractivity contribution in [3.63, 3.8) is 0 Å². The maximum absolute atomic E-state index is 13.0. The monoisotopic (exact) mass is 506 g/mol. The summed E-state index contributed by atoms with van der Waals surface area (Å²) in [6, 6.07) is 7.26. The Balaban J connectivity index is 0.00000385. The molecule has 16 heteroatoms. The molecule has 0 atom stereocenters. The van der Waals surface area contributed by atoms with Crippen molar-refractivity contribution in [2.24, 2.45) is 15.5 Å². The van der Waals surface area contributed by atoms with Crippen molar-refractivity contribution >= 4 is 37.4 Å². The van der Waals surface area contributed by atoms with Crippen LogP contribution in [-0.4, -0.2) is 40.5 Å². The zero-order valence-electron chi connectivity index (χ0n) is 17.5. The van der Waals surface area contributed by atoms with E-state index in [4.69, 9.17) is 9.56 Å². The first kappa shape index (κ1) is 26.7. The van der Waals surface area contributed by atoms with Gasteiger partial charge < -0.3 is 17.3 Å². The molecule has 0 amide bonds. The van der Waals surface area contributed by atoms with E-state index in [1.165, 1.54) is 29.3 Å². The summed E-state index contributed by atoms with van der Waals surface area (Å²) in [7, 11) is -6.11. The molecule has 2 aromatic carbocycles. The van der Waals surface area contributed by atoms with Crippen molar-refractivity contribution in [3.05, 3.63) is 52.9 Å². The molecule has 1 heterocycles. The summed E-state index contributed by atoms with van der Waals surface area (Å²) in [5, 5.41) is 14.1. The smallest absolute Gasteiger partial charge is 0.716 e. The summed E-state index contributed by atoms with van der Waals surface area (Å²) in [6.07, 6.45) is 1.09. The molecular weight excluding hydrogens is 491 g/mol. The molecule has 0 bridgehead atoms. The first-order chi connectivity index (χ1) is 14.8. The van der Waals surface area contributed by atoms with E-state index in [0.717, 1.165) is 18.4 Å². The number of hydrogen-bond donors (Lipinski definition) is 1. The molecule has 13 nitrogen and oxygen atoms in total. The van der Waals surface area contributed by atoms with Crippen molar-refractivity contribution in [1.29, 1.82) is 0 Å². The van der Waals surface area contributed by atoms with Gasteiger partial charge in [0.1, 0.15) is 23.3 Å². The summed E-state index contributed by atoms with van der Waals surface area (Å²) in [6.45, 7) is 0. The number of rotatable bonds is 7. The minimum absolute atomic E-state index is 0. The fourth-order valence-corrected chi connectivity index (χ4v) is 3.32. The van der Waals surface area contributed by atoms with Gasteiger partial charge in [0.25, 0.3) is 10.4 Å². The van der Waals surface area contributed by atoms with Crippen molar-refractivity contribution < 1.29 is 63.7 Å². The van der Waals surface area contributed by atoms with Crippen LogP contribution in [0.15, 0.2) is 62.2 Å². The van der Waals surface area contributed by atoms with E-state index in [1.54, 1.807) is 14.1 Å². The second kappa shape index (κ2) is 10.2. The van der Waals surface area contributed by atoms with Gasteiger partial charge in [0, 0.05) is 31.8 Å². The molecule has 1 aromatic heterocycles. The standard InChI is InChI=1S/C17H16N4O9S2.Na/c1-21(2)20-19-15-7-10(29-31(18,23)24)3-5-12(15)14-9-28-16-8-11(30-32(25,26)27)4-6-13(16)17(14)22;/h3-9H,1-2H3,(H2,18,23,24)(H,25,26,27);/q;+1/p-1. The van der Waals surface area contributed by atoms with Gasteiger partial charge in [-0.3, -0.25) is 9.80 Å². The Hall–Kier alpha value is -2.53. The Labute approximate surface area is 210 Å². The Morgan fingerprint density at radius 3 is 2.24 bits per heavy atom. The summed E-state index contributed by atoms with van der Waals surface area (Å²) in [5.41, 5.74) is -0.216. The van der Waals surface area contributed by atoms with E-state index in [0.29, 0.717) is 0 Å². The fraction of sp³-hybridized carbons (Fsp3) is 0.118. The van der Waals surface area contributed by atoms with E-state index >= 15 is 0 Å². The van der Waals surface area contributed by atoms with Crippen molar-refractivity contribution in [2.75, 3.05) is 14.1 Å². The molecule has 0 aliphatic heterocycles. The van der Waals surface area contributed by atoms with E-state index in [1.807, 2.05) is 0 Å². The maximum Gasteiger partial charge on any atom is 1.00 e. The van der Waals surface area contributed by atoms with Crippen LogP contribution < -0.4 is 48.5 Å². The van der Waals surface area contributed by atoms with Gasteiger partial charge in [0.15, 0.2) is 0 Å². The predicted molar refractivity (Wildman–Crippen MR) is 110 cm³/mol. The zero-order chi connectivity index (χ0) is 23.7. The van der Waals surface area contributed by atoms with Crippen molar-refractivity contribution in [2.45, 2.75) is 0 Å². The third kappa shape index (κ3) is 7.23. The summed E-state index contributed by atoms with van der Waals surface area (Å²) in [4.78, 5) is 13.0. The minimum Gasteiger partial charge on any atom is -0.716 e. The molecule has 2 N–H and O–H groups in total. The number of hydrogen-bond acceptors (Lipinski definition) is 11. The molecule has 0 saturated carbocycles. The van der Waals surface area contributed by atoms with Crippen molar-refractivity contribution in [1.82, 2.24) is 5.01 Å². The molecule has 33 heavy (non-hydrogen) atoms. The summed E-state index contributed by atoms with van der Waals surface area (Å²) < 4.78 is 69.0. The second-order valence-electron chi connectivity index (χ2n) is 6.42. The van der Waals surface area contributed by atoms with Gasteiger partial charge in [-0.05, 0) is 24.3 Å². The summed E-state index contributed by atoms with van der Waals surface area (Å²) in [5.74, 6) is -0.483. The molecule has 3 aromatic rings. The van der Waals surface area contributed by atoms with Crippen LogP contribution in [0.1, 0.15) is 0 Å². The molecule has 0 spiro atoms. The fourth-order valence-electron chi connectivity index (χ4n) is 2.61. The predicted octanol–water partition coefficient (Wildman–Crippen LogP) is -1.55. The minimum atomic E-state index is -5.00. The van der Waals surface area contributed by atoms with Gasteiger partial charge in [-0.1, -0.05) is 5.22 Å². The van der Waals surface area contributed by atoms with Gasteiger partial charge in [-0.25, -0.2) is 8.42 Å². The summed E-state index contributed by atoms with van der Waals surface area (Å²) >= 11 is 0. The van der Waals surface area contributed by atoms with Crippen LogP contribution in [0, 0.1) is 0 Å². The number of nitrogens with zero attached hydrogens (tertiary/aromatic N) is 3. The zero-order valence-corrected chi connectivity index (χ0v) is 21.1. The topological polar surface area (TPSA) is 194 Å². The molecule has 0 aliphatic rings. The van der Waals surface area contributed by atoms with Crippen LogP contribution in [0.3, 0.4) is 0 Å². The normalized spacial score (nSPS) is 11.9. The van der Waals surface area contributed by atoms with Crippen LogP contribution in [-0.2, 0) is 20.7 Å². The van der Waals surface area contributed by atoms with E-state index in [2.05, 4.69) is 18.7 Å². The first-order valence-electron chi connectivity index (χ1n) is 8.49.